The summed E-state index contributed by atoms with van der Waals surface area (Å²) < 4.78 is 33.6. The number of amides is 2. The van der Waals surface area contributed by atoms with Gasteiger partial charge in [-0.2, -0.15) is 0 Å². The Bertz CT molecular complexity index is 1080. The zero-order chi connectivity index (χ0) is 24.3. The molecule has 0 aliphatic carbocycles. The Morgan fingerprint density at radius 2 is 1.94 bits per heavy atom. The molecule has 2 atom stereocenters. The summed E-state index contributed by atoms with van der Waals surface area (Å²) in [7, 11) is 0. The SMILES string of the molecule is Cc1cc(NC(=O)c2c(C)c(C(=O)C(=O)N[C@@H]3CCOC[C@H]3C)n(CCF)c2C)ccc1F. The standard InChI is InChI=1S/C24H29F2N3O4/c1-13-11-17(5-6-18(13)26)27-23(31)20-15(3)21(29(9-8-25)16(20)4)22(30)24(32)28-19-7-10-33-12-14(19)2/h5-6,11,14,19H,7-10,12H2,1-4H3,(H,27,31)(H,28,32)/t14-,19-/m1/s1. The Hall–Kier alpha value is -3.07. The Labute approximate surface area is 191 Å². The van der Waals surface area contributed by atoms with Crippen molar-refractivity contribution in [2.75, 3.05) is 25.2 Å². The number of anilines is 1. The molecule has 33 heavy (non-hydrogen) atoms. The molecule has 0 radical (unpaired) electrons. The molecule has 1 saturated heterocycles. The molecule has 2 heterocycles. The van der Waals surface area contributed by atoms with Crippen molar-refractivity contribution >= 4 is 23.3 Å². The minimum Gasteiger partial charge on any atom is -0.381 e. The van der Waals surface area contributed by atoms with Crippen molar-refractivity contribution in [1.29, 1.82) is 0 Å². The van der Waals surface area contributed by atoms with Crippen molar-refractivity contribution in [2.24, 2.45) is 5.92 Å². The van der Waals surface area contributed by atoms with Gasteiger partial charge in [0.1, 0.15) is 12.5 Å². The number of halogens is 2. The first-order valence-electron chi connectivity index (χ1n) is 10.9. The molecule has 2 N–H and O–H groups in total. The normalized spacial score (nSPS) is 18.1. The van der Waals surface area contributed by atoms with E-state index in [1.807, 2.05) is 6.92 Å². The van der Waals surface area contributed by atoms with Gasteiger partial charge in [-0.05, 0) is 62.4 Å². The van der Waals surface area contributed by atoms with Gasteiger partial charge < -0.3 is 19.9 Å². The molecule has 0 spiro atoms. The fraction of sp³-hybridized carbons (Fsp3) is 0.458. The maximum absolute atomic E-state index is 13.6. The Kier molecular flexibility index (Phi) is 7.63. The second-order valence-corrected chi connectivity index (χ2v) is 8.44. The molecule has 1 aromatic heterocycles. The number of nitrogens with zero attached hydrogens (tertiary/aromatic N) is 1. The molecule has 2 aromatic rings. The van der Waals surface area contributed by atoms with Crippen LogP contribution < -0.4 is 10.6 Å². The number of rotatable bonds is 7. The summed E-state index contributed by atoms with van der Waals surface area (Å²) in [6.45, 7) is 6.70. The van der Waals surface area contributed by atoms with Gasteiger partial charge in [-0.15, -0.1) is 0 Å². The second-order valence-electron chi connectivity index (χ2n) is 8.44. The number of carbonyl (C=O) groups is 3. The quantitative estimate of drug-likeness (QED) is 0.488. The lowest BCUT2D eigenvalue weighted by molar-refractivity contribution is -0.118. The molecule has 0 saturated carbocycles. The number of aryl methyl sites for hydroxylation is 1. The van der Waals surface area contributed by atoms with E-state index in [1.165, 1.54) is 22.8 Å². The van der Waals surface area contributed by atoms with Crippen LogP contribution in [-0.4, -0.2) is 48.1 Å². The van der Waals surface area contributed by atoms with E-state index in [0.29, 0.717) is 36.6 Å². The van der Waals surface area contributed by atoms with E-state index in [9.17, 15) is 23.2 Å². The molecule has 7 nitrogen and oxygen atoms in total. The van der Waals surface area contributed by atoms with Crippen LogP contribution in [0.3, 0.4) is 0 Å². The average molecular weight is 462 g/mol. The van der Waals surface area contributed by atoms with Crippen LogP contribution in [0.1, 0.15) is 51.0 Å². The van der Waals surface area contributed by atoms with E-state index in [2.05, 4.69) is 10.6 Å². The highest BCUT2D eigenvalue weighted by molar-refractivity contribution is 6.43. The van der Waals surface area contributed by atoms with E-state index < -0.39 is 30.1 Å². The second kappa shape index (κ2) is 10.2. The van der Waals surface area contributed by atoms with E-state index in [4.69, 9.17) is 4.74 Å². The Morgan fingerprint density at radius 3 is 2.58 bits per heavy atom. The lowest BCUT2D eigenvalue weighted by atomic mass is 9.97. The molecule has 1 aliphatic heterocycles. The minimum absolute atomic E-state index is 0.0113. The lowest BCUT2D eigenvalue weighted by Gasteiger charge is -2.29. The lowest BCUT2D eigenvalue weighted by Crippen LogP contribution is -2.47. The molecule has 1 fully saturated rings. The third kappa shape index (κ3) is 5.13. The highest BCUT2D eigenvalue weighted by Gasteiger charge is 2.32. The largest absolute Gasteiger partial charge is 0.381 e. The van der Waals surface area contributed by atoms with Crippen molar-refractivity contribution < 1.29 is 27.9 Å². The van der Waals surface area contributed by atoms with E-state index in [0.717, 1.165) is 0 Å². The van der Waals surface area contributed by atoms with Gasteiger partial charge in [0.25, 0.3) is 17.6 Å². The number of ether oxygens (including phenoxy) is 1. The Morgan fingerprint density at radius 1 is 1.21 bits per heavy atom. The van der Waals surface area contributed by atoms with Gasteiger partial charge in [0.2, 0.25) is 0 Å². The summed E-state index contributed by atoms with van der Waals surface area (Å²) in [6.07, 6.45) is 0.592. The number of benzene rings is 1. The first kappa shape index (κ1) is 24.6. The first-order chi connectivity index (χ1) is 15.6. The fourth-order valence-corrected chi connectivity index (χ4v) is 4.24. The van der Waals surface area contributed by atoms with Crippen LogP contribution in [0.2, 0.25) is 0 Å². The number of carbonyl (C=O) groups excluding carboxylic acids is 3. The van der Waals surface area contributed by atoms with Gasteiger partial charge in [0, 0.05) is 24.0 Å². The predicted molar refractivity (Wildman–Crippen MR) is 120 cm³/mol. The number of hydrogen-bond donors (Lipinski definition) is 2. The van der Waals surface area contributed by atoms with Crippen LogP contribution in [0, 0.1) is 32.5 Å². The van der Waals surface area contributed by atoms with Crippen molar-refractivity contribution in [3.63, 3.8) is 0 Å². The summed E-state index contributed by atoms with van der Waals surface area (Å²) >= 11 is 0. The maximum atomic E-state index is 13.6. The van der Waals surface area contributed by atoms with Crippen molar-refractivity contribution in [3.8, 4) is 0 Å². The van der Waals surface area contributed by atoms with Crippen LogP contribution in [-0.2, 0) is 16.1 Å². The molecule has 3 rings (SSSR count). The van der Waals surface area contributed by atoms with Gasteiger partial charge in [-0.3, -0.25) is 14.4 Å². The molecule has 0 unspecified atom stereocenters. The van der Waals surface area contributed by atoms with Crippen LogP contribution in [0.5, 0.6) is 0 Å². The Balaban J connectivity index is 1.90. The highest BCUT2D eigenvalue weighted by Crippen LogP contribution is 2.25. The first-order valence-corrected chi connectivity index (χ1v) is 10.9. The van der Waals surface area contributed by atoms with Crippen molar-refractivity contribution in [3.05, 3.63) is 52.1 Å². The van der Waals surface area contributed by atoms with E-state index >= 15 is 0 Å². The smallest absolute Gasteiger partial charge is 0.294 e. The topological polar surface area (TPSA) is 89.4 Å². The fourth-order valence-electron chi connectivity index (χ4n) is 4.24. The maximum Gasteiger partial charge on any atom is 0.294 e. The van der Waals surface area contributed by atoms with E-state index in [-0.39, 0.29) is 35.3 Å². The van der Waals surface area contributed by atoms with Crippen LogP contribution in [0.25, 0.3) is 0 Å². The number of hydrogen-bond acceptors (Lipinski definition) is 4. The predicted octanol–water partition coefficient (Wildman–Crippen LogP) is 3.50. The van der Waals surface area contributed by atoms with Gasteiger partial charge in [-0.25, -0.2) is 8.78 Å². The molecule has 0 bridgehead atoms. The minimum atomic E-state index is -0.820. The van der Waals surface area contributed by atoms with Gasteiger partial charge in [0.15, 0.2) is 0 Å². The molecule has 1 aliphatic rings. The summed E-state index contributed by atoms with van der Waals surface area (Å²) in [6, 6.07) is 3.96. The molecule has 9 heteroatoms. The number of aromatic nitrogens is 1. The molecular weight excluding hydrogens is 432 g/mol. The molecule has 2 amide bonds. The van der Waals surface area contributed by atoms with Crippen molar-refractivity contribution in [1.82, 2.24) is 9.88 Å². The van der Waals surface area contributed by atoms with Gasteiger partial charge in [-0.1, -0.05) is 6.92 Å². The van der Waals surface area contributed by atoms with Gasteiger partial charge in [0.05, 0.1) is 24.4 Å². The van der Waals surface area contributed by atoms with Crippen molar-refractivity contribution in [2.45, 2.75) is 46.7 Å². The summed E-state index contributed by atoms with van der Waals surface area (Å²) in [5.41, 5.74) is 1.58. The van der Waals surface area contributed by atoms with Crippen LogP contribution in [0.4, 0.5) is 14.5 Å². The summed E-state index contributed by atoms with van der Waals surface area (Å²) in [5.74, 6) is -2.49. The number of Topliss-reactive ketones (excluding diaryl/α,β-unsaturated/α-hetero) is 1. The van der Waals surface area contributed by atoms with Gasteiger partial charge >= 0.3 is 0 Å². The monoisotopic (exact) mass is 461 g/mol. The summed E-state index contributed by atoms with van der Waals surface area (Å²) in [4.78, 5) is 38.9. The highest BCUT2D eigenvalue weighted by atomic mass is 19.1. The summed E-state index contributed by atoms with van der Waals surface area (Å²) in [5, 5.41) is 5.45. The van der Waals surface area contributed by atoms with Crippen LogP contribution >= 0.6 is 0 Å². The third-order valence-corrected chi connectivity index (χ3v) is 6.10. The third-order valence-electron chi connectivity index (χ3n) is 6.10. The molecule has 178 valence electrons. The number of alkyl halides is 1. The zero-order valence-electron chi connectivity index (χ0n) is 19.3. The van der Waals surface area contributed by atoms with Crippen LogP contribution in [0.15, 0.2) is 18.2 Å². The number of nitrogens with one attached hydrogen (secondary N) is 2. The molecule has 1 aromatic carbocycles. The van der Waals surface area contributed by atoms with E-state index in [1.54, 1.807) is 20.8 Å². The number of ketones is 1. The zero-order valence-corrected chi connectivity index (χ0v) is 19.3. The average Bonchev–Trinajstić information content (AvgIpc) is 3.01. The molecular formula is C24H29F2N3O4.